The molecule has 96 valence electrons. The molecule has 3 N–H and O–H groups in total. The minimum Gasteiger partial charge on any atom is -0.477 e. The summed E-state index contributed by atoms with van der Waals surface area (Å²) in [5.41, 5.74) is 1.63. The van der Waals surface area contributed by atoms with Gasteiger partial charge in [-0.2, -0.15) is 5.26 Å². The van der Waals surface area contributed by atoms with Gasteiger partial charge in [0, 0.05) is 7.11 Å². The first-order valence-corrected chi connectivity index (χ1v) is 4.98. The summed E-state index contributed by atoms with van der Waals surface area (Å²) < 4.78 is 23.3. The molecule has 0 spiro atoms. The van der Waals surface area contributed by atoms with Gasteiger partial charge in [-0.3, -0.25) is 10.2 Å². The van der Waals surface area contributed by atoms with Crippen molar-refractivity contribution < 1.29 is 18.7 Å². The van der Waals surface area contributed by atoms with Gasteiger partial charge < -0.3 is 9.47 Å². The van der Waals surface area contributed by atoms with Crippen LogP contribution in [-0.4, -0.2) is 25.7 Å². The fraction of sp³-hybridized carbons (Fsp3) is 0.273. The molecule has 0 aliphatic carbocycles. The Kier molecular flexibility index (Phi) is 5.05. The van der Waals surface area contributed by atoms with E-state index in [-0.39, 0.29) is 17.9 Å². The number of carbonyl (C=O) groups excluding carboxylic acids is 1. The number of nitriles is 1. The predicted molar refractivity (Wildman–Crippen MR) is 59.7 cm³/mol. The fourth-order valence-corrected chi connectivity index (χ4v) is 1.27. The van der Waals surface area contributed by atoms with Crippen LogP contribution in [0.1, 0.15) is 5.56 Å². The van der Waals surface area contributed by atoms with Crippen LogP contribution in [0.25, 0.3) is 0 Å². The quantitative estimate of drug-likeness (QED) is 0.440. The van der Waals surface area contributed by atoms with Crippen LogP contribution in [0.4, 0.5) is 4.39 Å². The van der Waals surface area contributed by atoms with Crippen LogP contribution >= 0.6 is 0 Å². The summed E-state index contributed by atoms with van der Waals surface area (Å²) in [7, 11) is 1.37. The van der Waals surface area contributed by atoms with Crippen molar-refractivity contribution in [1.82, 2.24) is 5.43 Å². The number of amides is 1. The minimum absolute atomic E-state index is 0.0388. The first-order chi connectivity index (χ1) is 8.63. The lowest BCUT2D eigenvalue weighted by Gasteiger charge is -2.17. The largest absolute Gasteiger partial charge is 0.477 e. The first kappa shape index (κ1) is 13.9. The Hall–Kier alpha value is -2.17. The average Bonchev–Trinajstić information content (AvgIpc) is 2.37. The number of rotatable bonds is 5. The number of hydrogen-bond acceptors (Lipinski definition) is 5. The summed E-state index contributed by atoms with van der Waals surface area (Å²) in [6.45, 7) is -0.0790. The van der Waals surface area contributed by atoms with Crippen LogP contribution in [0, 0.1) is 17.1 Å². The van der Waals surface area contributed by atoms with Gasteiger partial charge in [-0.15, -0.1) is 0 Å². The van der Waals surface area contributed by atoms with E-state index in [0.717, 1.165) is 6.07 Å². The standard InChI is InChI=1S/C11H12FN3O3/c1-17-6-10(11(16)15-14)18-9-4-2-3-8(12)7(9)5-13/h2-4,10H,6,14H2,1H3,(H,15,16). The zero-order valence-corrected chi connectivity index (χ0v) is 9.64. The van der Waals surface area contributed by atoms with E-state index in [4.69, 9.17) is 20.6 Å². The number of ether oxygens (including phenoxy) is 2. The van der Waals surface area contributed by atoms with Crippen LogP contribution in [0.2, 0.25) is 0 Å². The summed E-state index contributed by atoms with van der Waals surface area (Å²) in [5.74, 6) is 3.59. The number of hydrogen-bond donors (Lipinski definition) is 2. The van der Waals surface area contributed by atoms with E-state index >= 15 is 0 Å². The van der Waals surface area contributed by atoms with Crippen LogP contribution < -0.4 is 16.0 Å². The lowest BCUT2D eigenvalue weighted by atomic mass is 10.2. The maximum atomic E-state index is 13.3. The number of hydrazine groups is 1. The summed E-state index contributed by atoms with van der Waals surface area (Å²) in [4.78, 5) is 11.4. The number of carbonyl (C=O) groups is 1. The van der Waals surface area contributed by atoms with Gasteiger partial charge in [-0.1, -0.05) is 6.07 Å². The second-order valence-corrected chi connectivity index (χ2v) is 3.30. The van der Waals surface area contributed by atoms with Gasteiger partial charge in [0.15, 0.2) is 0 Å². The number of nitrogens with two attached hydrogens (primary N) is 1. The molecule has 1 aromatic rings. The summed E-state index contributed by atoms with van der Waals surface area (Å²) >= 11 is 0. The topological polar surface area (TPSA) is 97.4 Å². The molecule has 0 bridgehead atoms. The van der Waals surface area contributed by atoms with Crippen molar-refractivity contribution in [1.29, 1.82) is 5.26 Å². The van der Waals surface area contributed by atoms with Gasteiger partial charge in [-0.05, 0) is 12.1 Å². The second-order valence-electron chi connectivity index (χ2n) is 3.30. The molecule has 1 rings (SSSR count). The Morgan fingerprint density at radius 1 is 1.67 bits per heavy atom. The molecule has 7 heteroatoms. The molecule has 0 saturated carbocycles. The third-order valence-corrected chi connectivity index (χ3v) is 2.11. The smallest absolute Gasteiger partial charge is 0.277 e. The van der Waals surface area contributed by atoms with Gasteiger partial charge in [0.1, 0.15) is 23.2 Å². The van der Waals surface area contributed by atoms with E-state index in [0.29, 0.717) is 0 Å². The van der Waals surface area contributed by atoms with Crippen molar-refractivity contribution in [2.75, 3.05) is 13.7 Å². The minimum atomic E-state index is -1.06. The average molecular weight is 253 g/mol. The zero-order chi connectivity index (χ0) is 13.5. The highest BCUT2D eigenvalue weighted by atomic mass is 19.1. The molecule has 1 unspecified atom stereocenters. The van der Waals surface area contributed by atoms with Crippen LogP contribution in [0.15, 0.2) is 18.2 Å². The van der Waals surface area contributed by atoms with E-state index in [1.807, 2.05) is 5.43 Å². The Balaban J connectivity index is 2.97. The van der Waals surface area contributed by atoms with E-state index in [2.05, 4.69) is 0 Å². The van der Waals surface area contributed by atoms with Gasteiger partial charge in [0.2, 0.25) is 6.10 Å². The van der Waals surface area contributed by atoms with Gasteiger partial charge in [-0.25, -0.2) is 10.2 Å². The van der Waals surface area contributed by atoms with Gasteiger partial charge in [0.25, 0.3) is 5.91 Å². The molecule has 1 atom stereocenters. The number of nitrogens with one attached hydrogen (secondary N) is 1. The molecular weight excluding hydrogens is 241 g/mol. The van der Waals surface area contributed by atoms with Crippen molar-refractivity contribution in [2.45, 2.75) is 6.10 Å². The Morgan fingerprint density at radius 3 is 2.94 bits per heavy atom. The monoisotopic (exact) mass is 253 g/mol. The molecule has 0 aliphatic rings. The molecule has 0 aromatic heterocycles. The van der Waals surface area contributed by atoms with Crippen LogP contribution in [0.3, 0.4) is 0 Å². The third-order valence-electron chi connectivity index (χ3n) is 2.11. The summed E-state index contributed by atoms with van der Waals surface area (Å²) in [6, 6.07) is 5.54. The van der Waals surface area contributed by atoms with E-state index in [1.165, 1.54) is 19.2 Å². The van der Waals surface area contributed by atoms with Crippen molar-refractivity contribution in [3.8, 4) is 11.8 Å². The SMILES string of the molecule is COCC(Oc1cccc(F)c1C#N)C(=O)NN. The molecule has 18 heavy (non-hydrogen) atoms. The van der Waals surface area contributed by atoms with Crippen LogP contribution in [-0.2, 0) is 9.53 Å². The second kappa shape index (κ2) is 6.54. The normalized spacial score (nSPS) is 11.4. The lowest BCUT2D eigenvalue weighted by molar-refractivity contribution is -0.130. The van der Waals surface area contributed by atoms with E-state index in [9.17, 15) is 9.18 Å². The molecule has 1 amide bonds. The highest BCUT2D eigenvalue weighted by Gasteiger charge is 2.21. The van der Waals surface area contributed by atoms with Crippen molar-refractivity contribution in [2.24, 2.45) is 5.84 Å². The number of halogens is 1. The highest BCUT2D eigenvalue weighted by Crippen LogP contribution is 2.21. The summed E-state index contributed by atoms with van der Waals surface area (Å²) in [6.07, 6.45) is -1.06. The summed E-state index contributed by atoms with van der Waals surface area (Å²) in [5, 5.41) is 8.81. The lowest BCUT2D eigenvalue weighted by Crippen LogP contribution is -2.44. The zero-order valence-electron chi connectivity index (χ0n) is 9.64. The molecule has 0 radical (unpaired) electrons. The molecule has 0 heterocycles. The maximum absolute atomic E-state index is 13.3. The molecule has 0 saturated heterocycles. The molecular formula is C11H12FN3O3. The first-order valence-electron chi connectivity index (χ1n) is 4.98. The third kappa shape index (κ3) is 3.16. The number of benzene rings is 1. The maximum Gasteiger partial charge on any atom is 0.277 e. The fourth-order valence-electron chi connectivity index (χ4n) is 1.27. The van der Waals surface area contributed by atoms with Crippen molar-refractivity contribution in [3.05, 3.63) is 29.6 Å². The number of nitrogens with zero attached hydrogens (tertiary/aromatic N) is 1. The predicted octanol–water partition coefficient (Wildman–Crippen LogP) is 0.0811. The van der Waals surface area contributed by atoms with E-state index in [1.54, 1.807) is 6.07 Å². The van der Waals surface area contributed by atoms with Crippen molar-refractivity contribution >= 4 is 5.91 Å². The Labute approximate surface area is 103 Å². The Bertz CT molecular complexity index is 473. The van der Waals surface area contributed by atoms with Crippen molar-refractivity contribution in [3.63, 3.8) is 0 Å². The molecule has 0 aliphatic heterocycles. The van der Waals surface area contributed by atoms with Gasteiger partial charge >= 0.3 is 0 Å². The van der Waals surface area contributed by atoms with E-state index < -0.39 is 17.8 Å². The molecule has 1 aromatic carbocycles. The van der Waals surface area contributed by atoms with Gasteiger partial charge in [0.05, 0.1) is 6.61 Å². The molecule has 0 fully saturated rings. The molecule has 6 nitrogen and oxygen atoms in total. The Morgan fingerprint density at radius 2 is 2.39 bits per heavy atom. The number of methoxy groups -OCH3 is 1. The highest BCUT2D eigenvalue weighted by molar-refractivity contribution is 5.80. The van der Waals surface area contributed by atoms with Crippen LogP contribution in [0.5, 0.6) is 5.75 Å².